The van der Waals surface area contributed by atoms with Gasteiger partial charge in [0, 0.05) is 22.5 Å². The molecule has 134 valence electrons. The Morgan fingerprint density at radius 3 is 2.69 bits per heavy atom. The van der Waals surface area contributed by atoms with Gasteiger partial charge in [-0.2, -0.15) is 0 Å². The van der Waals surface area contributed by atoms with Gasteiger partial charge in [0.2, 0.25) is 5.91 Å². The second-order valence-corrected chi connectivity index (χ2v) is 6.86. The van der Waals surface area contributed by atoms with Crippen LogP contribution in [0.15, 0.2) is 48.5 Å². The van der Waals surface area contributed by atoms with E-state index < -0.39 is 0 Å². The zero-order valence-corrected chi connectivity index (χ0v) is 15.4. The van der Waals surface area contributed by atoms with Gasteiger partial charge in [-0.3, -0.25) is 4.79 Å². The smallest absolute Gasteiger partial charge is 0.225 e. The minimum atomic E-state index is -0.312. The Bertz CT molecular complexity index is 924. The van der Waals surface area contributed by atoms with Crippen LogP contribution >= 0.6 is 11.3 Å². The first-order valence-electron chi connectivity index (χ1n) is 8.18. The number of benzene rings is 2. The number of carbonyl (C=O) groups is 1. The van der Waals surface area contributed by atoms with Gasteiger partial charge >= 0.3 is 0 Å². The van der Waals surface area contributed by atoms with E-state index in [9.17, 15) is 9.18 Å². The molecule has 0 fully saturated rings. The summed E-state index contributed by atoms with van der Waals surface area (Å²) in [5, 5.41) is 3.49. The molecule has 1 heterocycles. The molecule has 1 N–H and O–H groups in total. The summed E-state index contributed by atoms with van der Waals surface area (Å²) in [4.78, 5) is 17.6. The number of aryl methyl sites for hydroxylation is 1. The number of para-hydroxylation sites is 1. The highest BCUT2D eigenvalue weighted by atomic mass is 32.1. The van der Waals surface area contributed by atoms with Gasteiger partial charge in [-0.1, -0.05) is 30.3 Å². The minimum absolute atomic E-state index is 0.109. The number of thiazole rings is 1. The SMILES string of the molecule is COc1ccccc1CNC(=O)Cc1sc(-c2ccccc2F)nc1C. The Morgan fingerprint density at radius 1 is 1.19 bits per heavy atom. The summed E-state index contributed by atoms with van der Waals surface area (Å²) in [5.41, 5.74) is 2.12. The zero-order chi connectivity index (χ0) is 18.5. The fourth-order valence-electron chi connectivity index (χ4n) is 2.59. The molecule has 26 heavy (non-hydrogen) atoms. The fraction of sp³-hybridized carbons (Fsp3) is 0.200. The molecule has 0 unspecified atom stereocenters. The van der Waals surface area contributed by atoms with Crippen LogP contribution in [0.3, 0.4) is 0 Å². The Kier molecular flexibility index (Phi) is 5.63. The number of nitrogens with zero attached hydrogens (tertiary/aromatic N) is 1. The Hall–Kier alpha value is -2.73. The average molecular weight is 370 g/mol. The highest BCUT2D eigenvalue weighted by Gasteiger charge is 2.15. The molecule has 0 atom stereocenters. The maximum absolute atomic E-state index is 13.9. The van der Waals surface area contributed by atoms with E-state index in [4.69, 9.17) is 4.74 Å². The third-order valence-corrected chi connectivity index (χ3v) is 5.18. The molecule has 2 aromatic carbocycles. The van der Waals surface area contributed by atoms with Gasteiger partial charge in [-0.05, 0) is 25.1 Å². The van der Waals surface area contributed by atoms with Crippen molar-refractivity contribution in [2.24, 2.45) is 0 Å². The van der Waals surface area contributed by atoms with E-state index in [1.54, 1.807) is 25.3 Å². The lowest BCUT2D eigenvalue weighted by atomic mass is 10.2. The summed E-state index contributed by atoms with van der Waals surface area (Å²) >= 11 is 1.35. The number of amides is 1. The highest BCUT2D eigenvalue weighted by molar-refractivity contribution is 7.15. The molecule has 6 heteroatoms. The zero-order valence-electron chi connectivity index (χ0n) is 14.6. The van der Waals surface area contributed by atoms with Crippen LogP contribution in [0.4, 0.5) is 4.39 Å². The highest BCUT2D eigenvalue weighted by Crippen LogP contribution is 2.30. The maximum Gasteiger partial charge on any atom is 0.225 e. The lowest BCUT2D eigenvalue weighted by Crippen LogP contribution is -2.24. The number of hydrogen-bond donors (Lipinski definition) is 1. The maximum atomic E-state index is 13.9. The minimum Gasteiger partial charge on any atom is -0.496 e. The van der Waals surface area contributed by atoms with Gasteiger partial charge in [0.25, 0.3) is 0 Å². The van der Waals surface area contributed by atoms with Crippen LogP contribution in [0.1, 0.15) is 16.1 Å². The molecule has 0 saturated heterocycles. The van der Waals surface area contributed by atoms with E-state index in [2.05, 4.69) is 10.3 Å². The van der Waals surface area contributed by atoms with E-state index in [-0.39, 0.29) is 18.1 Å². The first-order chi connectivity index (χ1) is 12.6. The second kappa shape index (κ2) is 8.10. The van der Waals surface area contributed by atoms with E-state index in [0.29, 0.717) is 17.1 Å². The van der Waals surface area contributed by atoms with Crippen molar-refractivity contribution in [2.75, 3.05) is 7.11 Å². The summed E-state index contributed by atoms with van der Waals surface area (Å²) in [7, 11) is 1.60. The monoisotopic (exact) mass is 370 g/mol. The molecule has 3 aromatic rings. The van der Waals surface area contributed by atoms with E-state index in [0.717, 1.165) is 21.9 Å². The van der Waals surface area contributed by atoms with Crippen LogP contribution < -0.4 is 10.1 Å². The molecule has 0 saturated carbocycles. The van der Waals surface area contributed by atoms with E-state index >= 15 is 0 Å². The lowest BCUT2D eigenvalue weighted by molar-refractivity contribution is -0.120. The van der Waals surface area contributed by atoms with Crippen molar-refractivity contribution >= 4 is 17.2 Å². The quantitative estimate of drug-likeness (QED) is 0.710. The second-order valence-electron chi connectivity index (χ2n) is 5.77. The standard InChI is InChI=1S/C20H19FN2O2S/c1-13-18(26-20(23-13)15-8-4-5-9-16(15)21)11-19(24)22-12-14-7-3-6-10-17(14)25-2/h3-10H,11-12H2,1-2H3,(H,22,24). The molecule has 1 aromatic heterocycles. The molecule has 0 radical (unpaired) electrons. The predicted molar refractivity (Wildman–Crippen MR) is 101 cm³/mol. The van der Waals surface area contributed by atoms with Crippen LogP contribution in [0, 0.1) is 12.7 Å². The fourth-order valence-corrected chi connectivity index (χ4v) is 3.68. The normalized spacial score (nSPS) is 10.6. The number of hydrogen-bond acceptors (Lipinski definition) is 4. The van der Waals surface area contributed by atoms with Crippen molar-refractivity contribution in [3.63, 3.8) is 0 Å². The number of nitrogens with one attached hydrogen (secondary N) is 1. The molecule has 0 bridgehead atoms. The number of aromatic nitrogens is 1. The molecular weight excluding hydrogens is 351 g/mol. The molecule has 4 nitrogen and oxygen atoms in total. The molecular formula is C20H19FN2O2S. The van der Waals surface area contributed by atoms with Gasteiger partial charge in [0.15, 0.2) is 0 Å². The molecule has 3 rings (SSSR count). The van der Waals surface area contributed by atoms with Crippen LogP contribution in [0.25, 0.3) is 10.6 Å². The van der Waals surface area contributed by atoms with E-state index in [1.165, 1.54) is 17.4 Å². The summed E-state index contributed by atoms with van der Waals surface area (Å²) in [5.74, 6) is 0.319. The van der Waals surface area contributed by atoms with Crippen molar-refractivity contribution in [1.82, 2.24) is 10.3 Å². The summed E-state index contributed by atoms with van der Waals surface area (Å²) in [6.07, 6.45) is 0.215. The molecule has 0 spiro atoms. The van der Waals surface area contributed by atoms with Crippen LogP contribution in [0.5, 0.6) is 5.75 Å². The van der Waals surface area contributed by atoms with Gasteiger partial charge in [-0.25, -0.2) is 9.37 Å². The molecule has 0 aliphatic heterocycles. The van der Waals surface area contributed by atoms with Crippen LogP contribution in [0.2, 0.25) is 0 Å². The van der Waals surface area contributed by atoms with Crippen LogP contribution in [-0.4, -0.2) is 18.0 Å². The van der Waals surface area contributed by atoms with E-state index in [1.807, 2.05) is 31.2 Å². The molecule has 0 aliphatic rings. The van der Waals surface area contributed by atoms with Gasteiger partial charge in [-0.15, -0.1) is 11.3 Å². The van der Waals surface area contributed by atoms with Crippen molar-refractivity contribution in [2.45, 2.75) is 19.9 Å². The van der Waals surface area contributed by atoms with Crippen molar-refractivity contribution < 1.29 is 13.9 Å². The third-order valence-electron chi connectivity index (χ3n) is 3.99. The Balaban J connectivity index is 1.67. The van der Waals surface area contributed by atoms with Gasteiger partial charge < -0.3 is 10.1 Å². The Morgan fingerprint density at radius 2 is 1.92 bits per heavy atom. The number of ether oxygens (including phenoxy) is 1. The summed E-state index contributed by atoms with van der Waals surface area (Å²) in [6, 6.07) is 14.1. The van der Waals surface area contributed by atoms with Gasteiger partial charge in [0.1, 0.15) is 16.6 Å². The predicted octanol–water partition coefficient (Wildman–Crippen LogP) is 4.13. The first-order valence-corrected chi connectivity index (χ1v) is 9.00. The molecule has 0 aliphatic carbocycles. The van der Waals surface area contributed by atoms with Gasteiger partial charge in [0.05, 0.1) is 19.2 Å². The summed E-state index contributed by atoms with van der Waals surface area (Å²) < 4.78 is 19.2. The van der Waals surface area contributed by atoms with Crippen molar-refractivity contribution in [1.29, 1.82) is 0 Å². The largest absolute Gasteiger partial charge is 0.496 e. The number of carbonyl (C=O) groups excluding carboxylic acids is 1. The third kappa shape index (κ3) is 4.08. The summed E-state index contributed by atoms with van der Waals surface area (Å²) in [6.45, 7) is 2.23. The number of methoxy groups -OCH3 is 1. The van der Waals surface area contributed by atoms with Crippen molar-refractivity contribution in [3.05, 3.63) is 70.5 Å². The first kappa shape index (κ1) is 18.1. The van der Waals surface area contributed by atoms with Crippen molar-refractivity contribution in [3.8, 4) is 16.3 Å². The lowest BCUT2D eigenvalue weighted by Gasteiger charge is -2.09. The topological polar surface area (TPSA) is 51.2 Å². The van der Waals surface area contributed by atoms with Crippen LogP contribution in [-0.2, 0) is 17.8 Å². The number of halogens is 1. The Labute approximate surface area is 155 Å². The molecule has 1 amide bonds. The average Bonchev–Trinajstić information content (AvgIpc) is 3.00. The number of rotatable bonds is 6.